The van der Waals surface area contributed by atoms with Gasteiger partial charge in [0.15, 0.2) is 0 Å². The van der Waals surface area contributed by atoms with E-state index in [2.05, 4.69) is 157 Å². The van der Waals surface area contributed by atoms with Crippen molar-refractivity contribution in [3.05, 3.63) is 162 Å². The Bertz CT molecular complexity index is 1280. The fourth-order valence-electron chi connectivity index (χ4n) is 4.11. The SMILES string of the molecule is C(=C\c1ccc(N(c2ccccc2)c2ccccc2)cc1)/c1ccc(Cc2ccccc2)cc1. The minimum Gasteiger partial charge on any atom is -0.311 e. The van der Waals surface area contributed by atoms with Crippen LogP contribution in [-0.4, -0.2) is 0 Å². The average molecular weight is 438 g/mol. The molecular weight excluding hydrogens is 410 g/mol. The number of hydrogen-bond acceptors (Lipinski definition) is 1. The van der Waals surface area contributed by atoms with Gasteiger partial charge in [0.1, 0.15) is 0 Å². The summed E-state index contributed by atoms with van der Waals surface area (Å²) >= 11 is 0. The summed E-state index contributed by atoms with van der Waals surface area (Å²) in [5, 5.41) is 0. The Labute approximate surface area is 202 Å². The zero-order valence-electron chi connectivity index (χ0n) is 19.1. The molecule has 0 aromatic heterocycles. The summed E-state index contributed by atoms with van der Waals surface area (Å²) < 4.78 is 0. The molecular formula is C33H27N. The molecule has 0 bridgehead atoms. The smallest absolute Gasteiger partial charge is 0.0462 e. The molecule has 0 aliphatic rings. The van der Waals surface area contributed by atoms with Crippen LogP contribution in [0.4, 0.5) is 17.1 Å². The maximum absolute atomic E-state index is 2.28. The van der Waals surface area contributed by atoms with Gasteiger partial charge in [-0.15, -0.1) is 0 Å². The van der Waals surface area contributed by atoms with E-state index in [0.717, 1.165) is 23.5 Å². The fraction of sp³-hybridized carbons (Fsp3) is 0.0303. The van der Waals surface area contributed by atoms with Crippen LogP contribution in [0.5, 0.6) is 0 Å². The highest BCUT2D eigenvalue weighted by Gasteiger charge is 2.11. The van der Waals surface area contributed by atoms with E-state index in [1.807, 2.05) is 0 Å². The minimum absolute atomic E-state index is 0.964. The number of anilines is 3. The van der Waals surface area contributed by atoms with Crippen LogP contribution in [0.1, 0.15) is 22.3 Å². The first-order chi connectivity index (χ1) is 16.8. The van der Waals surface area contributed by atoms with Gasteiger partial charge < -0.3 is 4.90 Å². The molecule has 5 aromatic carbocycles. The third-order valence-corrected chi connectivity index (χ3v) is 5.88. The molecule has 0 saturated heterocycles. The summed E-state index contributed by atoms with van der Waals surface area (Å²) in [6.07, 6.45) is 5.31. The molecule has 0 unspecified atom stereocenters. The second-order valence-electron chi connectivity index (χ2n) is 8.34. The van der Waals surface area contributed by atoms with Gasteiger partial charge in [-0.1, -0.05) is 115 Å². The molecule has 0 fully saturated rings. The van der Waals surface area contributed by atoms with E-state index in [9.17, 15) is 0 Å². The van der Waals surface area contributed by atoms with Crippen LogP contribution in [0, 0.1) is 0 Å². The maximum atomic E-state index is 2.28. The van der Waals surface area contributed by atoms with E-state index >= 15 is 0 Å². The lowest BCUT2D eigenvalue weighted by atomic mass is 10.0. The van der Waals surface area contributed by atoms with Gasteiger partial charge in [-0.05, 0) is 65.1 Å². The van der Waals surface area contributed by atoms with Crippen molar-refractivity contribution in [1.82, 2.24) is 0 Å². The van der Waals surface area contributed by atoms with Crippen LogP contribution in [-0.2, 0) is 6.42 Å². The first-order valence-corrected chi connectivity index (χ1v) is 11.7. The van der Waals surface area contributed by atoms with Crippen molar-refractivity contribution in [3.8, 4) is 0 Å². The quantitative estimate of drug-likeness (QED) is 0.230. The van der Waals surface area contributed by atoms with Crippen LogP contribution < -0.4 is 4.90 Å². The van der Waals surface area contributed by atoms with Crippen molar-refractivity contribution in [2.45, 2.75) is 6.42 Å². The van der Waals surface area contributed by atoms with Crippen LogP contribution in [0.15, 0.2) is 140 Å². The van der Waals surface area contributed by atoms with Gasteiger partial charge in [0.25, 0.3) is 0 Å². The van der Waals surface area contributed by atoms with Crippen LogP contribution in [0.3, 0.4) is 0 Å². The van der Waals surface area contributed by atoms with Gasteiger partial charge in [0.2, 0.25) is 0 Å². The molecule has 5 aromatic rings. The standard InChI is InChI=1S/C33H27N/c1-4-10-29(11-5-1)26-30-20-18-27(19-21-30)16-17-28-22-24-33(25-23-28)34(31-12-6-2-7-13-31)32-14-8-3-9-15-32/h1-25H,26H2/b17-16+. The summed E-state index contributed by atoms with van der Waals surface area (Å²) in [6.45, 7) is 0. The Hall–Kier alpha value is -4.36. The van der Waals surface area contributed by atoms with Crippen molar-refractivity contribution in [2.24, 2.45) is 0 Å². The average Bonchev–Trinajstić information content (AvgIpc) is 2.91. The third-order valence-electron chi connectivity index (χ3n) is 5.88. The predicted octanol–water partition coefficient (Wildman–Crippen LogP) is 8.92. The Morgan fingerprint density at radius 3 is 1.26 bits per heavy atom. The number of nitrogens with zero attached hydrogens (tertiary/aromatic N) is 1. The Kier molecular flexibility index (Phi) is 6.64. The molecule has 1 heteroatoms. The molecule has 0 aliphatic carbocycles. The van der Waals surface area contributed by atoms with E-state index in [4.69, 9.17) is 0 Å². The Morgan fingerprint density at radius 2 is 0.765 bits per heavy atom. The second-order valence-corrected chi connectivity index (χ2v) is 8.34. The molecule has 0 saturated carbocycles. The van der Waals surface area contributed by atoms with E-state index in [1.54, 1.807) is 0 Å². The number of benzene rings is 5. The summed E-state index contributed by atoms with van der Waals surface area (Å²) in [6, 6.07) is 49.1. The monoisotopic (exact) mass is 437 g/mol. The zero-order chi connectivity index (χ0) is 23.0. The molecule has 1 nitrogen and oxygen atoms in total. The molecule has 0 amide bonds. The normalized spacial score (nSPS) is 10.9. The maximum Gasteiger partial charge on any atom is 0.0462 e. The van der Waals surface area contributed by atoms with Gasteiger partial charge in [0.05, 0.1) is 0 Å². The first kappa shape index (κ1) is 21.5. The second kappa shape index (κ2) is 10.5. The summed E-state index contributed by atoms with van der Waals surface area (Å²) in [5.74, 6) is 0. The number of para-hydroxylation sites is 2. The van der Waals surface area contributed by atoms with E-state index in [-0.39, 0.29) is 0 Å². The summed E-state index contributed by atoms with van der Waals surface area (Å²) in [5.41, 5.74) is 8.48. The van der Waals surface area contributed by atoms with E-state index < -0.39 is 0 Å². The molecule has 0 aliphatic heterocycles. The molecule has 0 heterocycles. The molecule has 164 valence electrons. The lowest BCUT2D eigenvalue weighted by molar-refractivity contribution is 1.19. The highest BCUT2D eigenvalue weighted by Crippen LogP contribution is 2.34. The van der Waals surface area contributed by atoms with Crippen LogP contribution in [0.25, 0.3) is 12.2 Å². The zero-order valence-corrected chi connectivity index (χ0v) is 19.1. The Morgan fingerprint density at radius 1 is 0.382 bits per heavy atom. The van der Waals surface area contributed by atoms with E-state index in [0.29, 0.717) is 0 Å². The van der Waals surface area contributed by atoms with Gasteiger partial charge in [-0.3, -0.25) is 0 Å². The number of hydrogen-bond donors (Lipinski definition) is 0. The van der Waals surface area contributed by atoms with E-state index in [1.165, 1.54) is 22.3 Å². The predicted molar refractivity (Wildman–Crippen MR) is 146 cm³/mol. The van der Waals surface area contributed by atoms with Crippen LogP contribution >= 0.6 is 0 Å². The molecule has 0 spiro atoms. The Balaban J connectivity index is 1.31. The molecule has 0 N–H and O–H groups in total. The van der Waals surface area contributed by atoms with Gasteiger partial charge >= 0.3 is 0 Å². The minimum atomic E-state index is 0.964. The largest absolute Gasteiger partial charge is 0.311 e. The third kappa shape index (κ3) is 5.33. The molecule has 0 radical (unpaired) electrons. The van der Waals surface area contributed by atoms with Crippen molar-refractivity contribution < 1.29 is 0 Å². The lowest BCUT2D eigenvalue weighted by Crippen LogP contribution is -2.09. The topological polar surface area (TPSA) is 3.24 Å². The van der Waals surface area contributed by atoms with Gasteiger partial charge in [-0.2, -0.15) is 0 Å². The molecule has 5 rings (SSSR count). The van der Waals surface area contributed by atoms with Crippen molar-refractivity contribution in [2.75, 3.05) is 4.90 Å². The van der Waals surface area contributed by atoms with Gasteiger partial charge in [0, 0.05) is 17.1 Å². The van der Waals surface area contributed by atoms with Gasteiger partial charge in [-0.25, -0.2) is 0 Å². The summed E-state index contributed by atoms with van der Waals surface area (Å²) in [4.78, 5) is 2.28. The van der Waals surface area contributed by atoms with Crippen LogP contribution in [0.2, 0.25) is 0 Å². The highest BCUT2D eigenvalue weighted by atomic mass is 15.1. The summed E-state index contributed by atoms with van der Waals surface area (Å²) in [7, 11) is 0. The molecule has 0 atom stereocenters. The highest BCUT2D eigenvalue weighted by molar-refractivity contribution is 5.78. The van der Waals surface area contributed by atoms with Crippen molar-refractivity contribution >= 4 is 29.2 Å². The molecule has 34 heavy (non-hydrogen) atoms. The van der Waals surface area contributed by atoms with Crippen molar-refractivity contribution in [1.29, 1.82) is 0 Å². The fourth-order valence-corrected chi connectivity index (χ4v) is 4.11. The number of rotatable bonds is 7. The van der Waals surface area contributed by atoms with Crippen molar-refractivity contribution in [3.63, 3.8) is 0 Å². The lowest BCUT2D eigenvalue weighted by Gasteiger charge is -2.25. The first-order valence-electron chi connectivity index (χ1n) is 11.7.